The summed E-state index contributed by atoms with van der Waals surface area (Å²) in [6, 6.07) is 9.14. The first-order chi connectivity index (χ1) is 12.0. The fourth-order valence-electron chi connectivity index (χ4n) is 2.31. The molecular formula is C16H18N8O. The molecule has 0 bridgehead atoms. The summed E-state index contributed by atoms with van der Waals surface area (Å²) < 4.78 is 0. The van der Waals surface area contributed by atoms with Crippen LogP contribution in [0.15, 0.2) is 30.3 Å². The molecule has 128 valence electrons. The van der Waals surface area contributed by atoms with E-state index in [1.165, 1.54) is 4.80 Å². The number of carbonyl (C=O) groups excluding carboxylic acids is 1. The van der Waals surface area contributed by atoms with Crippen LogP contribution in [0.3, 0.4) is 0 Å². The van der Waals surface area contributed by atoms with E-state index < -0.39 is 0 Å². The van der Waals surface area contributed by atoms with E-state index in [0.29, 0.717) is 17.5 Å². The number of hydrogen-bond acceptors (Lipinski definition) is 7. The van der Waals surface area contributed by atoms with Gasteiger partial charge in [-0.2, -0.15) is 4.80 Å². The zero-order valence-corrected chi connectivity index (χ0v) is 14.2. The van der Waals surface area contributed by atoms with Gasteiger partial charge in [0.1, 0.15) is 0 Å². The molecule has 0 aliphatic carbocycles. The van der Waals surface area contributed by atoms with Crippen LogP contribution in [0.25, 0.3) is 11.4 Å². The van der Waals surface area contributed by atoms with E-state index >= 15 is 0 Å². The molecule has 2 heterocycles. The zero-order chi connectivity index (χ0) is 17.8. The Morgan fingerprint density at radius 2 is 1.92 bits per heavy atom. The molecule has 0 saturated heterocycles. The highest BCUT2D eigenvalue weighted by Crippen LogP contribution is 2.18. The Kier molecular flexibility index (Phi) is 4.64. The largest absolute Gasteiger partial charge is 0.345 e. The molecule has 3 aromatic rings. The van der Waals surface area contributed by atoms with Gasteiger partial charge >= 0.3 is 0 Å². The maximum atomic E-state index is 12.1. The lowest BCUT2D eigenvalue weighted by molar-refractivity contribution is -0.114. The minimum absolute atomic E-state index is 0.0660. The molecule has 3 rings (SSSR count). The summed E-state index contributed by atoms with van der Waals surface area (Å²) in [6.45, 7) is 3.83. The average Bonchev–Trinajstić information content (AvgIpc) is 2.99. The predicted molar refractivity (Wildman–Crippen MR) is 92.9 cm³/mol. The lowest BCUT2D eigenvalue weighted by Gasteiger charge is -2.08. The van der Waals surface area contributed by atoms with E-state index in [4.69, 9.17) is 0 Å². The zero-order valence-electron chi connectivity index (χ0n) is 14.2. The van der Waals surface area contributed by atoms with Gasteiger partial charge in [0, 0.05) is 22.6 Å². The lowest BCUT2D eigenvalue weighted by atomic mass is 10.2. The Morgan fingerprint density at radius 1 is 1.16 bits per heavy atom. The maximum Gasteiger partial charge on any atom is 0.243 e. The van der Waals surface area contributed by atoms with Crippen molar-refractivity contribution < 1.29 is 4.79 Å². The van der Waals surface area contributed by atoms with Crippen molar-refractivity contribution in [1.29, 1.82) is 0 Å². The first-order valence-electron chi connectivity index (χ1n) is 7.70. The van der Waals surface area contributed by atoms with Crippen molar-refractivity contribution in [2.24, 2.45) is 7.05 Å². The average molecular weight is 338 g/mol. The van der Waals surface area contributed by atoms with Crippen molar-refractivity contribution >= 4 is 17.5 Å². The van der Waals surface area contributed by atoms with Gasteiger partial charge in [-0.15, -0.1) is 10.2 Å². The van der Waals surface area contributed by atoms with Crippen LogP contribution < -0.4 is 10.6 Å². The number of benzene rings is 1. The van der Waals surface area contributed by atoms with Gasteiger partial charge in [0.2, 0.25) is 17.7 Å². The number of carbonyl (C=O) groups is 1. The quantitative estimate of drug-likeness (QED) is 0.722. The molecule has 9 nitrogen and oxygen atoms in total. The fourth-order valence-corrected chi connectivity index (χ4v) is 2.31. The highest BCUT2D eigenvalue weighted by atomic mass is 16.1. The van der Waals surface area contributed by atoms with Crippen LogP contribution >= 0.6 is 0 Å². The van der Waals surface area contributed by atoms with Crippen molar-refractivity contribution in [3.8, 4) is 11.4 Å². The van der Waals surface area contributed by atoms with Crippen LogP contribution in [0.1, 0.15) is 11.4 Å². The Bertz CT molecular complexity index is 884. The number of tetrazole rings is 1. The molecular weight excluding hydrogens is 320 g/mol. The molecule has 0 unspecified atom stereocenters. The number of aryl methyl sites for hydroxylation is 3. The summed E-state index contributed by atoms with van der Waals surface area (Å²) in [5.41, 5.74) is 3.12. The summed E-state index contributed by atoms with van der Waals surface area (Å²) in [6.07, 6.45) is 0. The second-order valence-electron chi connectivity index (χ2n) is 5.56. The second kappa shape index (κ2) is 7.04. The number of nitrogens with one attached hydrogen (secondary N) is 2. The third-order valence-electron chi connectivity index (χ3n) is 3.30. The first-order valence-corrected chi connectivity index (χ1v) is 7.70. The van der Waals surface area contributed by atoms with Crippen molar-refractivity contribution in [3.63, 3.8) is 0 Å². The second-order valence-corrected chi connectivity index (χ2v) is 5.56. The molecule has 1 aromatic carbocycles. The van der Waals surface area contributed by atoms with Crippen LogP contribution in [0.2, 0.25) is 0 Å². The maximum absolute atomic E-state index is 12.1. The molecule has 0 fully saturated rings. The van der Waals surface area contributed by atoms with Crippen molar-refractivity contribution in [3.05, 3.63) is 41.7 Å². The summed E-state index contributed by atoms with van der Waals surface area (Å²) >= 11 is 0. The van der Waals surface area contributed by atoms with Crippen molar-refractivity contribution in [1.82, 2.24) is 30.2 Å². The monoisotopic (exact) mass is 338 g/mol. The number of anilines is 2. The topological polar surface area (TPSA) is 111 Å². The van der Waals surface area contributed by atoms with E-state index in [1.807, 2.05) is 32.0 Å². The predicted octanol–water partition coefficient (Wildman–Crippen LogP) is 1.33. The summed E-state index contributed by atoms with van der Waals surface area (Å²) in [5, 5.41) is 17.7. The molecule has 25 heavy (non-hydrogen) atoms. The van der Waals surface area contributed by atoms with Gasteiger partial charge in [-0.05, 0) is 37.3 Å². The number of nitrogens with zero attached hydrogens (tertiary/aromatic N) is 6. The molecule has 0 saturated carbocycles. The van der Waals surface area contributed by atoms with Crippen molar-refractivity contribution in [2.45, 2.75) is 13.8 Å². The minimum Gasteiger partial charge on any atom is -0.345 e. The van der Waals surface area contributed by atoms with E-state index in [2.05, 4.69) is 36.0 Å². The van der Waals surface area contributed by atoms with Crippen LogP contribution in [0.5, 0.6) is 0 Å². The van der Waals surface area contributed by atoms with Crippen LogP contribution in [-0.4, -0.2) is 42.6 Å². The smallest absolute Gasteiger partial charge is 0.243 e. The first kappa shape index (κ1) is 16.5. The number of amides is 1. The Morgan fingerprint density at radius 3 is 2.60 bits per heavy atom. The van der Waals surface area contributed by atoms with E-state index in [-0.39, 0.29) is 12.5 Å². The molecule has 0 aliphatic heterocycles. The molecule has 0 aliphatic rings. The van der Waals surface area contributed by atoms with Crippen LogP contribution in [0, 0.1) is 13.8 Å². The molecule has 9 heteroatoms. The molecule has 0 radical (unpaired) electrons. The van der Waals surface area contributed by atoms with E-state index in [1.54, 1.807) is 19.2 Å². The number of aromatic nitrogens is 6. The highest BCUT2D eigenvalue weighted by molar-refractivity contribution is 5.94. The number of rotatable bonds is 5. The van der Waals surface area contributed by atoms with E-state index in [0.717, 1.165) is 17.0 Å². The molecule has 2 N–H and O–H groups in total. The lowest BCUT2D eigenvalue weighted by Crippen LogP contribution is -2.22. The molecule has 0 spiro atoms. The SMILES string of the molecule is Cc1cc(C)nc(NCC(=O)Nc2cccc(-c3nnn(C)n3)c2)n1. The summed E-state index contributed by atoms with van der Waals surface area (Å²) in [7, 11) is 1.70. The van der Waals surface area contributed by atoms with Crippen molar-refractivity contribution in [2.75, 3.05) is 17.2 Å². The van der Waals surface area contributed by atoms with Crippen LogP contribution in [-0.2, 0) is 11.8 Å². The highest BCUT2D eigenvalue weighted by Gasteiger charge is 2.08. The Balaban J connectivity index is 1.63. The minimum atomic E-state index is -0.202. The van der Waals surface area contributed by atoms with Gasteiger partial charge in [-0.25, -0.2) is 9.97 Å². The van der Waals surface area contributed by atoms with Gasteiger partial charge in [0.05, 0.1) is 13.6 Å². The van der Waals surface area contributed by atoms with Gasteiger partial charge in [0.15, 0.2) is 0 Å². The van der Waals surface area contributed by atoms with Crippen LogP contribution in [0.4, 0.5) is 11.6 Å². The summed E-state index contributed by atoms with van der Waals surface area (Å²) in [5.74, 6) is 0.734. The standard InChI is InChI=1S/C16H18N8O/c1-10-7-11(2)19-16(18-10)17-9-14(25)20-13-6-4-5-12(8-13)15-21-23-24(3)22-15/h4-8H,9H2,1-3H3,(H,20,25)(H,17,18,19). The van der Waals surface area contributed by atoms with Gasteiger partial charge in [-0.1, -0.05) is 12.1 Å². The third-order valence-corrected chi connectivity index (χ3v) is 3.30. The normalized spacial score (nSPS) is 10.5. The summed E-state index contributed by atoms with van der Waals surface area (Å²) in [4.78, 5) is 22.0. The van der Waals surface area contributed by atoms with Gasteiger partial charge in [-0.3, -0.25) is 4.79 Å². The van der Waals surface area contributed by atoms with Gasteiger partial charge < -0.3 is 10.6 Å². The van der Waals surface area contributed by atoms with Gasteiger partial charge in [0.25, 0.3) is 0 Å². The fraction of sp³-hybridized carbons (Fsp3) is 0.250. The molecule has 1 amide bonds. The Hall–Kier alpha value is -3.36. The Labute approximate surface area is 144 Å². The van der Waals surface area contributed by atoms with E-state index in [9.17, 15) is 4.79 Å². The number of hydrogen-bond donors (Lipinski definition) is 2. The molecule has 0 atom stereocenters. The molecule has 2 aromatic heterocycles. The third kappa shape index (κ3) is 4.34.